The van der Waals surface area contributed by atoms with Crippen LogP contribution in [0.25, 0.3) is 0 Å². The lowest BCUT2D eigenvalue weighted by Gasteiger charge is -2.57. The Kier molecular flexibility index (Phi) is 5.55. The van der Waals surface area contributed by atoms with E-state index in [-0.39, 0.29) is 17.7 Å². The number of hydrogen-bond donors (Lipinski definition) is 1. The van der Waals surface area contributed by atoms with Crippen LogP contribution in [0, 0.1) is 17.8 Å². The standard InChI is InChI=1S/C26H29Cl2N3O2/c27-21-6-7-29-24(28)22(21)23(19-4-2-1-3-5-19)33-20-14-31(15-20)25(32)30-26-11-16-8-17(12-26)10-18(9-16)13-26/h1-7,16-18,20,23H,8-15H2,(H,30,32). The number of benzene rings is 1. The fraction of sp³-hybridized carbons (Fsp3) is 0.538. The maximum absolute atomic E-state index is 13.1. The Hall–Kier alpha value is -1.82. The van der Waals surface area contributed by atoms with Gasteiger partial charge in [0.1, 0.15) is 11.3 Å². The molecule has 33 heavy (non-hydrogen) atoms. The third-order valence-corrected chi connectivity index (χ3v) is 8.76. The summed E-state index contributed by atoms with van der Waals surface area (Å²) in [6.07, 6.45) is 8.67. The van der Waals surface area contributed by atoms with Crippen molar-refractivity contribution in [1.82, 2.24) is 15.2 Å². The third-order valence-electron chi connectivity index (χ3n) is 8.13. The maximum atomic E-state index is 13.1. The number of amides is 2. The molecule has 7 heteroatoms. The average Bonchev–Trinajstić information content (AvgIpc) is 2.73. The molecule has 2 aromatic rings. The van der Waals surface area contributed by atoms with Crippen LogP contribution in [0.2, 0.25) is 10.2 Å². The van der Waals surface area contributed by atoms with Crippen molar-refractivity contribution in [2.24, 2.45) is 17.8 Å². The van der Waals surface area contributed by atoms with Crippen LogP contribution in [0.4, 0.5) is 4.79 Å². The Balaban J connectivity index is 1.12. The fourth-order valence-corrected chi connectivity index (χ4v) is 7.60. The summed E-state index contributed by atoms with van der Waals surface area (Å²) in [5, 5.41) is 4.33. The Labute approximate surface area is 204 Å². The second kappa shape index (κ2) is 8.44. The van der Waals surface area contributed by atoms with E-state index in [4.69, 9.17) is 27.9 Å². The number of rotatable bonds is 5. The number of hydrogen-bond acceptors (Lipinski definition) is 3. The van der Waals surface area contributed by atoms with Gasteiger partial charge in [-0.2, -0.15) is 0 Å². The molecule has 1 aromatic heterocycles. The van der Waals surface area contributed by atoms with E-state index in [0.29, 0.717) is 28.8 Å². The van der Waals surface area contributed by atoms with Gasteiger partial charge in [0.2, 0.25) is 0 Å². The molecule has 2 amide bonds. The molecule has 1 aromatic carbocycles. The number of urea groups is 1. The number of carbonyl (C=O) groups is 1. The molecule has 5 aliphatic rings. The zero-order valence-electron chi connectivity index (χ0n) is 18.6. The van der Waals surface area contributed by atoms with Gasteiger partial charge in [-0.3, -0.25) is 0 Å². The predicted molar refractivity (Wildman–Crippen MR) is 128 cm³/mol. The SMILES string of the molecule is O=C(NC12CC3CC(CC(C3)C1)C2)N1CC(OC(c2ccccc2)c2c(Cl)ccnc2Cl)C1. The summed E-state index contributed by atoms with van der Waals surface area (Å²) in [6.45, 7) is 1.13. The number of carbonyl (C=O) groups excluding carboxylic acids is 1. The minimum atomic E-state index is -0.432. The molecule has 0 radical (unpaired) electrons. The molecule has 2 heterocycles. The van der Waals surface area contributed by atoms with E-state index in [2.05, 4.69) is 10.3 Å². The van der Waals surface area contributed by atoms with Crippen molar-refractivity contribution in [2.45, 2.75) is 56.3 Å². The highest BCUT2D eigenvalue weighted by molar-refractivity contribution is 6.35. The number of halogens is 2. The highest BCUT2D eigenvalue weighted by Crippen LogP contribution is 2.55. The Morgan fingerprint density at radius 1 is 1.03 bits per heavy atom. The molecular formula is C26H29Cl2N3O2. The zero-order valence-corrected chi connectivity index (χ0v) is 20.1. The largest absolute Gasteiger partial charge is 0.362 e. The number of ether oxygens (including phenoxy) is 1. The van der Waals surface area contributed by atoms with Gasteiger partial charge in [0, 0.05) is 17.3 Å². The molecule has 1 unspecified atom stereocenters. The van der Waals surface area contributed by atoms with Crippen LogP contribution >= 0.6 is 23.2 Å². The van der Waals surface area contributed by atoms with E-state index in [1.807, 2.05) is 35.2 Å². The first-order chi connectivity index (χ1) is 16.0. The van der Waals surface area contributed by atoms with Crippen molar-refractivity contribution in [3.05, 3.63) is 63.9 Å². The summed E-state index contributed by atoms with van der Waals surface area (Å²) >= 11 is 12.9. The minimum Gasteiger partial charge on any atom is -0.362 e. The first kappa shape index (κ1) is 21.7. The molecule has 1 saturated heterocycles. The van der Waals surface area contributed by atoms with Crippen molar-refractivity contribution in [1.29, 1.82) is 0 Å². The van der Waals surface area contributed by atoms with Crippen LogP contribution in [0.3, 0.4) is 0 Å². The van der Waals surface area contributed by atoms with Crippen molar-refractivity contribution in [2.75, 3.05) is 13.1 Å². The predicted octanol–water partition coefficient (Wildman–Crippen LogP) is 5.86. The molecule has 0 spiro atoms. The molecule has 174 valence electrons. The van der Waals surface area contributed by atoms with Gasteiger partial charge in [-0.15, -0.1) is 0 Å². The van der Waals surface area contributed by atoms with Crippen molar-refractivity contribution in [3.8, 4) is 0 Å². The second-order valence-corrected chi connectivity index (χ2v) is 11.3. The van der Waals surface area contributed by atoms with E-state index in [0.717, 1.165) is 42.6 Å². The average molecular weight is 486 g/mol. The Morgan fingerprint density at radius 2 is 1.67 bits per heavy atom. The topological polar surface area (TPSA) is 54.5 Å². The van der Waals surface area contributed by atoms with Crippen LogP contribution in [0.5, 0.6) is 0 Å². The molecule has 4 bridgehead atoms. The lowest BCUT2D eigenvalue weighted by atomic mass is 9.53. The van der Waals surface area contributed by atoms with E-state index in [1.165, 1.54) is 19.3 Å². The number of likely N-dealkylation sites (tertiary alicyclic amines) is 1. The highest BCUT2D eigenvalue weighted by Gasteiger charge is 2.52. The van der Waals surface area contributed by atoms with Crippen LogP contribution in [0.1, 0.15) is 55.8 Å². The minimum absolute atomic E-state index is 0.0289. The quantitative estimate of drug-likeness (QED) is 0.539. The summed E-state index contributed by atoms with van der Waals surface area (Å²) in [6, 6.07) is 11.7. The van der Waals surface area contributed by atoms with Crippen LogP contribution < -0.4 is 5.32 Å². The monoisotopic (exact) mass is 485 g/mol. The molecule has 7 rings (SSSR count). The molecule has 1 aliphatic heterocycles. The van der Waals surface area contributed by atoms with E-state index < -0.39 is 6.10 Å². The van der Waals surface area contributed by atoms with Gasteiger partial charge >= 0.3 is 6.03 Å². The second-order valence-electron chi connectivity index (χ2n) is 10.6. The fourth-order valence-electron chi connectivity index (χ4n) is 7.05. The lowest BCUT2D eigenvalue weighted by molar-refractivity contribution is -0.0690. The van der Waals surface area contributed by atoms with Crippen LogP contribution in [-0.2, 0) is 4.74 Å². The maximum Gasteiger partial charge on any atom is 0.318 e. The zero-order chi connectivity index (χ0) is 22.6. The molecule has 5 nitrogen and oxygen atoms in total. The van der Waals surface area contributed by atoms with Gasteiger partial charge in [0.15, 0.2) is 0 Å². The van der Waals surface area contributed by atoms with Crippen LogP contribution in [0.15, 0.2) is 42.6 Å². The van der Waals surface area contributed by atoms with Gasteiger partial charge in [-0.1, -0.05) is 53.5 Å². The normalized spacial score (nSPS) is 31.3. The summed E-state index contributed by atoms with van der Waals surface area (Å²) in [5.74, 6) is 2.43. The number of aromatic nitrogens is 1. The lowest BCUT2D eigenvalue weighted by Crippen LogP contribution is -2.65. The summed E-state index contributed by atoms with van der Waals surface area (Å²) < 4.78 is 6.46. The first-order valence-corrected chi connectivity index (χ1v) is 12.8. The summed E-state index contributed by atoms with van der Waals surface area (Å²) in [7, 11) is 0. The van der Waals surface area contributed by atoms with Crippen molar-refractivity contribution in [3.63, 3.8) is 0 Å². The van der Waals surface area contributed by atoms with Crippen molar-refractivity contribution < 1.29 is 9.53 Å². The Bertz CT molecular complexity index is 986. The smallest absolute Gasteiger partial charge is 0.318 e. The third kappa shape index (κ3) is 4.13. The molecular weight excluding hydrogens is 457 g/mol. The van der Waals surface area contributed by atoms with Gasteiger partial charge in [-0.05, 0) is 67.9 Å². The van der Waals surface area contributed by atoms with Crippen molar-refractivity contribution >= 4 is 29.2 Å². The number of pyridine rings is 1. The highest BCUT2D eigenvalue weighted by atomic mass is 35.5. The number of nitrogens with one attached hydrogen (secondary N) is 1. The molecule has 4 saturated carbocycles. The molecule has 1 atom stereocenters. The molecule has 5 fully saturated rings. The van der Waals surface area contributed by atoms with Gasteiger partial charge in [0.25, 0.3) is 0 Å². The van der Waals surface area contributed by atoms with E-state index >= 15 is 0 Å². The summed E-state index contributed by atoms with van der Waals surface area (Å²) in [5.41, 5.74) is 1.66. The Morgan fingerprint density at radius 3 is 2.27 bits per heavy atom. The molecule has 1 N–H and O–H groups in total. The van der Waals surface area contributed by atoms with Gasteiger partial charge in [0.05, 0.1) is 24.2 Å². The van der Waals surface area contributed by atoms with Gasteiger partial charge < -0.3 is 15.0 Å². The number of nitrogens with zero attached hydrogens (tertiary/aromatic N) is 2. The van der Waals surface area contributed by atoms with E-state index in [1.54, 1.807) is 12.3 Å². The first-order valence-electron chi connectivity index (χ1n) is 12.1. The molecule has 4 aliphatic carbocycles. The van der Waals surface area contributed by atoms with Crippen LogP contribution in [-0.4, -0.2) is 40.6 Å². The summed E-state index contributed by atoms with van der Waals surface area (Å²) in [4.78, 5) is 19.2. The van der Waals surface area contributed by atoms with E-state index in [9.17, 15) is 4.79 Å². The van der Waals surface area contributed by atoms with Gasteiger partial charge in [-0.25, -0.2) is 9.78 Å².